The van der Waals surface area contributed by atoms with Gasteiger partial charge in [-0.05, 0) is 6.42 Å². The van der Waals surface area contributed by atoms with Crippen LogP contribution in [0.3, 0.4) is 0 Å². The zero-order valence-electron chi connectivity index (χ0n) is 8.52. The summed E-state index contributed by atoms with van der Waals surface area (Å²) in [5.74, 6) is 1.17. The van der Waals surface area contributed by atoms with Gasteiger partial charge in [0.2, 0.25) is 0 Å². The van der Waals surface area contributed by atoms with Crippen molar-refractivity contribution in [3.8, 4) is 12.3 Å². The fourth-order valence-electron chi connectivity index (χ4n) is 0.857. The molecule has 0 fully saturated rings. The van der Waals surface area contributed by atoms with Gasteiger partial charge in [0, 0.05) is 6.54 Å². The molecule has 0 saturated carbocycles. The van der Waals surface area contributed by atoms with Crippen molar-refractivity contribution < 1.29 is 19.5 Å². The molecule has 15 heavy (non-hydrogen) atoms. The van der Waals surface area contributed by atoms with Crippen molar-refractivity contribution in [2.75, 3.05) is 19.7 Å². The van der Waals surface area contributed by atoms with Gasteiger partial charge in [0.25, 0.3) is 0 Å². The number of rotatable bonds is 6. The Morgan fingerprint density at radius 2 is 2.27 bits per heavy atom. The predicted octanol–water partition coefficient (Wildman–Crippen LogP) is 0.0574. The molecule has 0 radical (unpaired) electrons. The largest absolute Gasteiger partial charge is 0.479 e. The van der Waals surface area contributed by atoms with Crippen LogP contribution in [0.5, 0.6) is 0 Å². The summed E-state index contributed by atoms with van der Waals surface area (Å²) in [5.41, 5.74) is 1.99. The maximum absolute atomic E-state index is 11.3. The summed E-state index contributed by atoms with van der Waals surface area (Å²) in [4.78, 5) is 27.2. The molecule has 0 aromatic rings. The number of amides is 2. The molecule has 6 heteroatoms. The van der Waals surface area contributed by atoms with Crippen LogP contribution in [0, 0.1) is 12.3 Å². The van der Waals surface area contributed by atoms with Crippen molar-refractivity contribution in [2.45, 2.75) is 13.3 Å². The maximum Gasteiger partial charge on any atom is 0.342 e. The Labute approximate surface area is 88.2 Å². The number of nitrogens with zero attached hydrogens (tertiary/aromatic N) is 1. The molecule has 0 saturated heterocycles. The van der Waals surface area contributed by atoms with Gasteiger partial charge in [0.05, 0.1) is 6.54 Å². The molecule has 84 valence electrons. The van der Waals surface area contributed by atoms with Gasteiger partial charge in [-0.25, -0.2) is 15.1 Å². The van der Waals surface area contributed by atoms with Gasteiger partial charge in [-0.2, -0.15) is 0 Å². The zero-order chi connectivity index (χ0) is 11.7. The van der Waals surface area contributed by atoms with E-state index in [1.165, 1.54) is 4.90 Å². The summed E-state index contributed by atoms with van der Waals surface area (Å²) in [6, 6.07) is -0.531. The number of carbonyl (C=O) groups excluding carboxylic acids is 1. The number of terminal acetylenes is 1. The van der Waals surface area contributed by atoms with Gasteiger partial charge in [-0.15, -0.1) is 6.42 Å². The topological polar surface area (TPSA) is 78.9 Å². The number of carboxylic acid groups (broad SMARTS) is 1. The summed E-state index contributed by atoms with van der Waals surface area (Å²) in [6.07, 6.45) is 5.83. The lowest BCUT2D eigenvalue weighted by Crippen LogP contribution is -2.41. The van der Waals surface area contributed by atoms with Crippen LogP contribution in [0.1, 0.15) is 13.3 Å². The number of aliphatic carboxylic acids is 1. The highest BCUT2D eigenvalue weighted by Crippen LogP contribution is 1.91. The van der Waals surface area contributed by atoms with E-state index in [9.17, 15) is 9.59 Å². The van der Waals surface area contributed by atoms with Gasteiger partial charge in [-0.1, -0.05) is 12.8 Å². The van der Waals surface area contributed by atoms with Gasteiger partial charge in [0.1, 0.15) is 0 Å². The molecular weight excluding hydrogens is 200 g/mol. The number of nitrogens with one attached hydrogen (secondary N) is 1. The van der Waals surface area contributed by atoms with E-state index in [-0.39, 0.29) is 6.54 Å². The molecule has 0 aromatic heterocycles. The first-order chi connectivity index (χ1) is 7.11. The summed E-state index contributed by atoms with van der Waals surface area (Å²) < 4.78 is 0. The number of hydrogen-bond donors (Lipinski definition) is 2. The normalized spacial score (nSPS) is 9.07. The number of carbonyl (C=O) groups is 2. The molecule has 0 rings (SSSR count). The van der Waals surface area contributed by atoms with Crippen molar-refractivity contribution in [3.63, 3.8) is 0 Å². The Bertz CT molecular complexity index is 259. The Hall–Kier alpha value is -1.74. The molecular formula is C9H14N2O4. The van der Waals surface area contributed by atoms with Crippen LogP contribution >= 0.6 is 0 Å². The van der Waals surface area contributed by atoms with E-state index < -0.39 is 18.6 Å². The Morgan fingerprint density at radius 1 is 1.60 bits per heavy atom. The molecule has 0 aliphatic rings. The van der Waals surface area contributed by atoms with E-state index in [2.05, 4.69) is 10.8 Å². The van der Waals surface area contributed by atoms with Gasteiger partial charge < -0.3 is 10.0 Å². The lowest BCUT2D eigenvalue weighted by molar-refractivity contribution is -0.144. The standard InChI is InChI=1S/C9H14N2O4/c1-3-5-11(6-4-2)9(14)10-15-7-8(12)13/h1H,4-7H2,2H3,(H,10,14)(H,12,13). The van der Waals surface area contributed by atoms with E-state index in [1.807, 2.05) is 12.4 Å². The highest BCUT2D eigenvalue weighted by Gasteiger charge is 2.11. The van der Waals surface area contributed by atoms with Crippen LogP contribution in [0.25, 0.3) is 0 Å². The van der Waals surface area contributed by atoms with Gasteiger partial charge >= 0.3 is 12.0 Å². The molecule has 0 bridgehead atoms. The number of urea groups is 1. The number of hydrogen-bond acceptors (Lipinski definition) is 3. The average Bonchev–Trinajstić information content (AvgIpc) is 2.16. The minimum Gasteiger partial charge on any atom is -0.479 e. The summed E-state index contributed by atoms with van der Waals surface area (Å²) >= 11 is 0. The predicted molar refractivity (Wildman–Crippen MR) is 52.8 cm³/mol. The second kappa shape index (κ2) is 7.64. The summed E-state index contributed by atoms with van der Waals surface area (Å²) in [5, 5.41) is 8.25. The van der Waals surface area contributed by atoms with E-state index in [0.29, 0.717) is 6.54 Å². The third kappa shape index (κ3) is 6.35. The highest BCUT2D eigenvalue weighted by molar-refractivity contribution is 5.74. The van der Waals surface area contributed by atoms with Crippen LogP contribution in [-0.4, -0.2) is 41.7 Å². The second-order valence-corrected chi connectivity index (χ2v) is 2.72. The minimum absolute atomic E-state index is 0.163. The number of hydroxylamine groups is 1. The molecule has 0 heterocycles. The molecule has 6 nitrogen and oxygen atoms in total. The van der Waals surface area contributed by atoms with Gasteiger partial charge in [-0.3, -0.25) is 4.84 Å². The fourth-order valence-corrected chi connectivity index (χ4v) is 0.857. The third-order valence-electron chi connectivity index (χ3n) is 1.42. The Kier molecular flexibility index (Phi) is 6.76. The van der Waals surface area contributed by atoms with E-state index in [4.69, 9.17) is 11.5 Å². The van der Waals surface area contributed by atoms with Crippen molar-refractivity contribution in [2.24, 2.45) is 0 Å². The molecule has 2 N–H and O–H groups in total. The number of carboxylic acids is 1. The Morgan fingerprint density at radius 3 is 2.73 bits per heavy atom. The van der Waals surface area contributed by atoms with E-state index in [0.717, 1.165) is 6.42 Å². The molecule has 0 spiro atoms. The molecule has 2 amide bonds. The molecule has 0 aliphatic carbocycles. The maximum atomic E-state index is 11.3. The van der Waals surface area contributed by atoms with Crippen molar-refractivity contribution in [3.05, 3.63) is 0 Å². The molecule has 0 aliphatic heterocycles. The van der Waals surface area contributed by atoms with Crippen molar-refractivity contribution in [1.29, 1.82) is 0 Å². The summed E-state index contributed by atoms with van der Waals surface area (Å²) in [7, 11) is 0. The van der Waals surface area contributed by atoms with Crippen molar-refractivity contribution in [1.82, 2.24) is 10.4 Å². The minimum atomic E-state index is -1.16. The lowest BCUT2D eigenvalue weighted by atomic mass is 10.4. The monoisotopic (exact) mass is 214 g/mol. The van der Waals surface area contributed by atoms with Gasteiger partial charge in [0.15, 0.2) is 6.61 Å². The summed E-state index contributed by atoms with van der Waals surface area (Å²) in [6.45, 7) is 1.97. The fraction of sp³-hybridized carbons (Fsp3) is 0.556. The van der Waals surface area contributed by atoms with Crippen LogP contribution < -0.4 is 5.48 Å². The van der Waals surface area contributed by atoms with E-state index in [1.54, 1.807) is 0 Å². The quantitative estimate of drug-likeness (QED) is 0.484. The Balaban J connectivity index is 3.92. The smallest absolute Gasteiger partial charge is 0.342 e. The van der Waals surface area contributed by atoms with Crippen LogP contribution in [0.4, 0.5) is 4.79 Å². The first-order valence-electron chi connectivity index (χ1n) is 4.43. The van der Waals surface area contributed by atoms with Crippen LogP contribution in [0.2, 0.25) is 0 Å². The molecule has 0 unspecified atom stereocenters. The first kappa shape index (κ1) is 13.3. The SMILES string of the molecule is C#CCN(CCC)C(=O)NOCC(=O)O. The first-order valence-corrected chi connectivity index (χ1v) is 4.43. The lowest BCUT2D eigenvalue weighted by Gasteiger charge is -2.19. The zero-order valence-corrected chi connectivity index (χ0v) is 8.52. The highest BCUT2D eigenvalue weighted by atomic mass is 16.7. The molecule has 0 atom stereocenters. The van der Waals surface area contributed by atoms with Crippen LogP contribution in [0.15, 0.2) is 0 Å². The molecule has 0 aromatic carbocycles. The second-order valence-electron chi connectivity index (χ2n) is 2.72. The van der Waals surface area contributed by atoms with E-state index >= 15 is 0 Å². The third-order valence-corrected chi connectivity index (χ3v) is 1.42. The average molecular weight is 214 g/mol. The van der Waals surface area contributed by atoms with Crippen LogP contribution in [-0.2, 0) is 9.63 Å². The van der Waals surface area contributed by atoms with Crippen molar-refractivity contribution >= 4 is 12.0 Å².